The molecule has 0 bridgehead atoms. The second kappa shape index (κ2) is 10.2. The second-order valence-corrected chi connectivity index (χ2v) is 8.05. The highest BCUT2D eigenvalue weighted by Crippen LogP contribution is 2.34. The van der Waals surface area contributed by atoms with Gasteiger partial charge in [0.2, 0.25) is 5.91 Å². The van der Waals surface area contributed by atoms with Crippen LogP contribution in [0.5, 0.6) is 11.5 Å². The molecule has 0 fully saturated rings. The molecule has 6 heteroatoms. The first-order valence-corrected chi connectivity index (χ1v) is 11.0. The molecule has 6 nitrogen and oxygen atoms in total. The summed E-state index contributed by atoms with van der Waals surface area (Å²) in [5, 5.41) is 0. The first-order chi connectivity index (χ1) is 16.4. The predicted molar refractivity (Wildman–Crippen MR) is 130 cm³/mol. The van der Waals surface area contributed by atoms with Gasteiger partial charge in [0.05, 0.1) is 25.8 Å². The summed E-state index contributed by atoms with van der Waals surface area (Å²) in [6.45, 7) is 1.79. The predicted octanol–water partition coefficient (Wildman–Crippen LogP) is 4.53. The van der Waals surface area contributed by atoms with Gasteiger partial charge in [-0.15, -0.1) is 0 Å². The van der Waals surface area contributed by atoms with Gasteiger partial charge in [0, 0.05) is 13.3 Å². The Balaban J connectivity index is 1.53. The maximum atomic E-state index is 12.8. The SMILES string of the molecule is COc1ccc(/C=C/C(=O)Cc2cccc3c2N(Cc2ccccc2)C(=O)C3)cc1OC(C)=O. The molecule has 1 heterocycles. The molecular weight excluding hydrogens is 430 g/mol. The van der Waals surface area contributed by atoms with Gasteiger partial charge in [-0.1, -0.05) is 60.7 Å². The van der Waals surface area contributed by atoms with Crippen molar-refractivity contribution in [3.63, 3.8) is 0 Å². The first-order valence-electron chi connectivity index (χ1n) is 11.0. The number of rotatable bonds is 8. The van der Waals surface area contributed by atoms with Gasteiger partial charge in [-0.3, -0.25) is 14.4 Å². The van der Waals surface area contributed by atoms with E-state index >= 15 is 0 Å². The summed E-state index contributed by atoms with van der Waals surface area (Å²) in [6, 6.07) is 20.6. The summed E-state index contributed by atoms with van der Waals surface area (Å²) in [5.41, 5.74) is 4.33. The molecule has 34 heavy (non-hydrogen) atoms. The largest absolute Gasteiger partial charge is 0.493 e. The third kappa shape index (κ3) is 5.23. The van der Waals surface area contributed by atoms with E-state index in [1.54, 1.807) is 29.2 Å². The van der Waals surface area contributed by atoms with E-state index in [9.17, 15) is 14.4 Å². The topological polar surface area (TPSA) is 72.9 Å². The van der Waals surface area contributed by atoms with Gasteiger partial charge in [-0.05, 0) is 40.5 Å². The van der Waals surface area contributed by atoms with Crippen LogP contribution in [0.4, 0.5) is 5.69 Å². The number of methoxy groups -OCH3 is 1. The monoisotopic (exact) mass is 455 g/mol. The summed E-state index contributed by atoms with van der Waals surface area (Å²) in [6.07, 6.45) is 3.68. The first kappa shape index (κ1) is 23.0. The molecule has 0 radical (unpaired) electrons. The molecular formula is C28H25NO5. The molecule has 0 aliphatic carbocycles. The fourth-order valence-electron chi connectivity index (χ4n) is 4.06. The van der Waals surface area contributed by atoms with Crippen LogP contribution in [0.1, 0.15) is 29.2 Å². The average molecular weight is 456 g/mol. The Bertz CT molecular complexity index is 1260. The lowest BCUT2D eigenvalue weighted by molar-refractivity contribution is -0.132. The van der Waals surface area contributed by atoms with Gasteiger partial charge in [0.25, 0.3) is 0 Å². The van der Waals surface area contributed by atoms with E-state index in [1.165, 1.54) is 20.1 Å². The van der Waals surface area contributed by atoms with E-state index < -0.39 is 5.97 Å². The number of allylic oxidation sites excluding steroid dienone is 1. The molecule has 3 aromatic carbocycles. The van der Waals surface area contributed by atoms with Gasteiger partial charge in [0.15, 0.2) is 17.3 Å². The number of benzene rings is 3. The van der Waals surface area contributed by atoms with Crippen LogP contribution in [0, 0.1) is 0 Å². The standard InChI is InChI=1S/C28H25NO5/c1-19(30)34-26-15-20(12-14-25(26)33-2)11-13-24(31)16-22-9-6-10-23-17-27(32)29(28(22)23)18-21-7-4-3-5-8-21/h3-15H,16-18H2,1-2H3/b13-11+. The molecule has 1 aliphatic heterocycles. The summed E-state index contributed by atoms with van der Waals surface area (Å²) in [4.78, 5) is 38.7. The van der Waals surface area contributed by atoms with Crippen LogP contribution < -0.4 is 14.4 Å². The fourth-order valence-corrected chi connectivity index (χ4v) is 4.06. The van der Waals surface area contributed by atoms with Crippen LogP contribution in [-0.4, -0.2) is 24.8 Å². The number of carbonyl (C=O) groups is 3. The fraction of sp³-hybridized carbons (Fsp3) is 0.179. The molecule has 0 N–H and O–H groups in total. The minimum absolute atomic E-state index is 0.0329. The number of anilines is 1. The van der Waals surface area contributed by atoms with E-state index in [0.717, 1.165) is 22.4 Å². The zero-order valence-electron chi connectivity index (χ0n) is 19.1. The molecule has 0 unspecified atom stereocenters. The molecule has 0 spiro atoms. The molecule has 172 valence electrons. The molecule has 0 saturated heterocycles. The van der Waals surface area contributed by atoms with Crippen LogP contribution >= 0.6 is 0 Å². The molecule has 0 atom stereocenters. The normalized spacial score (nSPS) is 12.6. The van der Waals surface area contributed by atoms with Crippen molar-refractivity contribution in [1.82, 2.24) is 0 Å². The van der Waals surface area contributed by atoms with Crippen LogP contribution in [0.25, 0.3) is 6.08 Å². The van der Waals surface area contributed by atoms with Crippen LogP contribution in [0.3, 0.4) is 0 Å². The highest BCUT2D eigenvalue weighted by atomic mass is 16.6. The van der Waals surface area contributed by atoms with Gasteiger partial charge >= 0.3 is 5.97 Å². The summed E-state index contributed by atoms with van der Waals surface area (Å²) >= 11 is 0. The molecule has 1 amide bonds. The van der Waals surface area contributed by atoms with Crippen molar-refractivity contribution in [2.75, 3.05) is 12.0 Å². The molecule has 3 aromatic rings. The molecule has 0 aromatic heterocycles. The van der Waals surface area contributed by atoms with Gasteiger partial charge in [-0.2, -0.15) is 0 Å². The Morgan fingerprint density at radius 1 is 1.00 bits per heavy atom. The van der Waals surface area contributed by atoms with E-state index in [4.69, 9.17) is 9.47 Å². The number of esters is 1. The zero-order chi connectivity index (χ0) is 24.1. The van der Waals surface area contributed by atoms with Gasteiger partial charge in [0.1, 0.15) is 0 Å². The minimum atomic E-state index is -0.456. The number of ketones is 1. The number of para-hydroxylation sites is 1. The second-order valence-electron chi connectivity index (χ2n) is 8.05. The van der Waals surface area contributed by atoms with Crippen LogP contribution in [0.15, 0.2) is 72.8 Å². The van der Waals surface area contributed by atoms with Gasteiger partial charge < -0.3 is 14.4 Å². The number of fused-ring (bicyclic) bond motifs is 1. The maximum absolute atomic E-state index is 12.8. The van der Waals surface area contributed by atoms with Crippen molar-refractivity contribution in [1.29, 1.82) is 0 Å². The zero-order valence-corrected chi connectivity index (χ0v) is 19.1. The summed E-state index contributed by atoms with van der Waals surface area (Å²) < 4.78 is 10.4. The van der Waals surface area contributed by atoms with Crippen molar-refractivity contribution in [2.45, 2.75) is 26.3 Å². The van der Waals surface area contributed by atoms with Crippen molar-refractivity contribution in [2.24, 2.45) is 0 Å². The maximum Gasteiger partial charge on any atom is 0.308 e. The highest BCUT2D eigenvalue weighted by Gasteiger charge is 2.29. The summed E-state index contributed by atoms with van der Waals surface area (Å²) in [5.74, 6) is 0.202. The molecule has 4 rings (SSSR count). The number of hydrogen-bond donors (Lipinski definition) is 0. The van der Waals surface area contributed by atoms with Crippen molar-refractivity contribution in [3.8, 4) is 11.5 Å². The van der Waals surface area contributed by atoms with E-state index in [-0.39, 0.29) is 18.1 Å². The van der Waals surface area contributed by atoms with Crippen LogP contribution in [-0.2, 0) is 33.8 Å². The number of nitrogens with zero attached hydrogens (tertiary/aromatic N) is 1. The van der Waals surface area contributed by atoms with Gasteiger partial charge in [-0.25, -0.2) is 0 Å². The van der Waals surface area contributed by atoms with Crippen molar-refractivity contribution < 1.29 is 23.9 Å². The lowest BCUT2D eigenvalue weighted by Gasteiger charge is -2.20. The average Bonchev–Trinajstić information content (AvgIpc) is 3.14. The highest BCUT2D eigenvalue weighted by molar-refractivity contribution is 6.04. The number of hydrogen-bond acceptors (Lipinski definition) is 5. The Labute approximate surface area is 198 Å². The Morgan fingerprint density at radius 2 is 1.79 bits per heavy atom. The number of carbonyl (C=O) groups excluding carboxylic acids is 3. The van der Waals surface area contributed by atoms with Crippen molar-refractivity contribution in [3.05, 3.63) is 95.1 Å². The Kier molecular flexibility index (Phi) is 6.87. The smallest absolute Gasteiger partial charge is 0.308 e. The molecule has 1 aliphatic rings. The molecule has 0 saturated carbocycles. The Hall–Kier alpha value is -4.19. The quantitative estimate of drug-likeness (QED) is 0.283. The summed E-state index contributed by atoms with van der Waals surface area (Å²) in [7, 11) is 1.49. The Morgan fingerprint density at radius 3 is 2.53 bits per heavy atom. The van der Waals surface area contributed by atoms with E-state index in [1.807, 2.05) is 48.5 Å². The van der Waals surface area contributed by atoms with E-state index in [0.29, 0.717) is 30.0 Å². The third-order valence-electron chi connectivity index (χ3n) is 5.57. The van der Waals surface area contributed by atoms with E-state index in [2.05, 4.69) is 0 Å². The van der Waals surface area contributed by atoms with Crippen LogP contribution in [0.2, 0.25) is 0 Å². The minimum Gasteiger partial charge on any atom is -0.493 e. The number of amides is 1. The van der Waals surface area contributed by atoms with Crippen molar-refractivity contribution >= 4 is 29.4 Å². The lowest BCUT2D eigenvalue weighted by Crippen LogP contribution is -2.27. The lowest BCUT2D eigenvalue weighted by atomic mass is 10.0. The number of ether oxygens (including phenoxy) is 2. The third-order valence-corrected chi connectivity index (χ3v) is 5.57.